The molecule has 1 heterocycles. The molecule has 0 unspecified atom stereocenters. The number of hydrogen-bond acceptors (Lipinski definition) is 3. The third kappa shape index (κ3) is 3.59. The van der Waals surface area contributed by atoms with Crippen molar-refractivity contribution < 1.29 is 4.39 Å². The van der Waals surface area contributed by atoms with Gasteiger partial charge >= 0.3 is 0 Å². The Morgan fingerprint density at radius 2 is 1.95 bits per heavy atom. The molecule has 0 saturated carbocycles. The van der Waals surface area contributed by atoms with E-state index in [0.717, 1.165) is 22.5 Å². The van der Waals surface area contributed by atoms with Gasteiger partial charge in [-0.15, -0.1) is 0 Å². The maximum atomic E-state index is 13.4. The molecule has 0 aliphatic heterocycles. The largest absolute Gasteiger partial charge is 0.369 e. The van der Waals surface area contributed by atoms with Gasteiger partial charge in [-0.05, 0) is 35.0 Å². The Labute approximate surface area is 133 Å². The normalized spacial score (nSPS) is 11.5. The number of anilines is 1. The number of aromatic nitrogens is 2. The zero-order valence-electron chi connectivity index (χ0n) is 12.7. The minimum absolute atomic E-state index is 0.145. The summed E-state index contributed by atoms with van der Waals surface area (Å²) in [6.45, 7) is 9.02. The second kappa shape index (κ2) is 6.10. The van der Waals surface area contributed by atoms with E-state index < -0.39 is 0 Å². The van der Waals surface area contributed by atoms with Crippen LogP contribution < -0.4 is 5.32 Å². The van der Waals surface area contributed by atoms with Crippen LogP contribution in [0.2, 0.25) is 0 Å². The number of halogens is 2. The van der Waals surface area contributed by atoms with Crippen molar-refractivity contribution in [3.05, 3.63) is 40.2 Å². The Hall–Kier alpha value is -1.49. The van der Waals surface area contributed by atoms with Gasteiger partial charge in [-0.3, -0.25) is 0 Å². The van der Waals surface area contributed by atoms with E-state index in [1.165, 1.54) is 12.1 Å². The van der Waals surface area contributed by atoms with Crippen molar-refractivity contribution in [3.8, 4) is 11.4 Å². The number of nitrogens with one attached hydrogen (secondary N) is 1. The van der Waals surface area contributed by atoms with Crippen LogP contribution in [-0.2, 0) is 5.41 Å². The van der Waals surface area contributed by atoms with E-state index in [0.29, 0.717) is 11.4 Å². The lowest BCUT2D eigenvalue weighted by Gasteiger charge is -2.22. The molecule has 0 amide bonds. The van der Waals surface area contributed by atoms with Gasteiger partial charge in [-0.2, -0.15) is 0 Å². The van der Waals surface area contributed by atoms with Crippen LogP contribution in [0.5, 0.6) is 0 Å². The highest BCUT2D eigenvalue weighted by Crippen LogP contribution is 2.34. The van der Waals surface area contributed by atoms with Gasteiger partial charge in [-0.25, -0.2) is 14.4 Å². The maximum Gasteiger partial charge on any atom is 0.161 e. The minimum Gasteiger partial charge on any atom is -0.369 e. The Balaban J connectivity index is 2.64. The lowest BCUT2D eigenvalue weighted by atomic mass is 9.91. The van der Waals surface area contributed by atoms with Crippen molar-refractivity contribution in [1.29, 1.82) is 0 Å². The van der Waals surface area contributed by atoms with Crippen LogP contribution in [0.1, 0.15) is 33.4 Å². The van der Waals surface area contributed by atoms with Gasteiger partial charge in [0.05, 0.1) is 10.2 Å². The Morgan fingerprint density at radius 3 is 2.52 bits per heavy atom. The van der Waals surface area contributed by atoms with Gasteiger partial charge in [0.15, 0.2) is 5.82 Å². The molecular formula is C16H19BrFN3. The molecule has 3 nitrogen and oxygen atoms in total. The summed E-state index contributed by atoms with van der Waals surface area (Å²) in [5.74, 6) is 0.969. The molecule has 0 atom stereocenters. The lowest BCUT2D eigenvalue weighted by Crippen LogP contribution is -2.17. The molecule has 21 heavy (non-hydrogen) atoms. The highest BCUT2D eigenvalue weighted by molar-refractivity contribution is 9.10. The van der Waals surface area contributed by atoms with Crippen molar-refractivity contribution in [2.24, 2.45) is 0 Å². The fourth-order valence-electron chi connectivity index (χ4n) is 1.99. The van der Waals surface area contributed by atoms with Gasteiger partial charge in [0, 0.05) is 17.5 Å². The quantitative estimate of drug-likeness (QED) is 0.864. The number of benzene rings is 1. The molecule has 0 saturated heterocycles. The predicted octanol–water partition coefficient (Wildman–Crippen LogP) is 4.77. The zero-order valence-corrected chi connectivity index (χ0v) is 14.3. The molecule has 1 N–H and O–H groups in total. The molecule has 0 spiro atoms. The standard InChI is InChI=1S/C16H19BrFN3/c1-5-19-15-12(17)13(16(2,3)4)20-14(21-15)10-7-6-8-11(18)9-10/h6-9H,5H2,1-4H3,(H,19,20,21). The summed E-state index contributed by atoms with van der Waals surface area (Å²) in [4.78, 5) is 9.14. The van der Waals surface area contributed by atoms with E-state index in [-0.39, 0.29) is 11.2 Å². The number of rotatable bonds is 3. The molecule has 1 aromatic heterocycles. The van der Waals surface area contributed by atoms with E-state index in [9.17, 15) is 4.39 Å². The van der Waals surface area contributed by atoms with Crippen molar-refractivity contribution in [1.82, 2.24) is 9.97 Å². The van der Waals surface area contributed by atoms with Gasteiger partial charge in [0.25, 0.3) is 0 Å². The fraction of sp³-hybridized carbons (Fsp3) is 0.375. The smallest absolute Gasteiger partial charge is 0.161 e. The van der Waals surface area contributed by atoms with Crippen molar-refractivity contribution in [3.63, 3.8) is 0 Å². The summed E-state index contributed by atoms with van der Waals surface area (Å²) in [5.41, 5.74) is 1.42. The maximum absolute atomic E-state index is 13.4. The van der Waals surface area contributed by atoms with E-state index in [4.69, 9.17) is 0 Å². The second-order valence-electron chi connectivity index (χ2n) is 5.85. The topological polar surface area (TPSA) is 37.8 Å². The SMILES string of the molecule is CCNc1nc(-c2cccc(F)c2)nc(C(C)(C)C)c1Br. The molecule has 112 valence electrons. The van der Waals surface area contributed by atoms with Gasteiger partial charge < -0.3 is 5.32 Å². The monoisotopic (exact) mass is 351 g/mol. The average molecular weight is 352 g/mol. The number of hydrogen-bond donors (Lipinski definition) is 1. The van der Waals surface area contributed by atoms with Crippen LogP contribution in [-0.4, -0.2) is 16.5 Å². The van der Waals surface area contributed by atoms with Crippen LogP contribution >= 0.6 is 15.9 Å². The highest BCUT2D eigenvalue weighted by atomic mass is 79.9. The van der Waals surface area contributed by atoms with Gasteiger partial charge in [-0.1, -0.05) is 32.9 Å². The van der Waals surface area contributed by atoms with Crippen molar-refractivity contribution in [2.75, 3.05) is 11.9 Å². The molecule has 5 heteroatoms. The summed E-state index contributed by atoms with van der Waals surface area (Å²) in [7, 11) is 0. The highest BCUT2D eigenvalue weighted by Gasteiger charge is 2.23. The van der Waals surface area contributed by atoms with Crippen LogP contribution in [0.4, 0.5) is 10.2 Å². The minimum atomic E-state index is -0.290. The Kier molecular flexibility index (Phi) is 4.61. The average Bonchev–Trinajstić information content (AvgIpc) is 2.40. The first kappa shape index (κ1) is 15.9. The summed E-state index contributed by atoms with van der Waals surface area (Å²) in [5, 5.41) is 3.22. The molecule has 2 aromatic rings. The predicted molar refractivity (Wildman–Crippen MR) is 88.0 cm³/mol. The molecule has 0 aliphatic carbocycles. The molecule has 0 aliphatic rings. The van der Waals surface area contributed by atoms with Crippen molar-refractivity contribution >= 4 is 21.7 Å². The Bertz CT molecular complexity index is 650. The molecule has 0 fully saturated rings. The van der Waals surface area contributed by atoms with Crippen LogP contribution in [0.3, 0.4) is 0 Å². The zero-order chi connectivity index (χ0) is 15.6. The van der Waals surface area contributed by atoms with Crippen LogP contribution in [0.15, 0.2) is 28.7 Å². The summed E-state index contributed by atoms with van der Waals surface area (Å²) >= 11 is 3.58. The molecule has 0 radical (unpaired) electrons. The molecule has 0 bridgehead atoms. The van der Waals surface area contributed by atoms with E-state index in [1.54, 1.807) is 6.07 Å². The third-order valence-electron chi connectivity index (χ3n) is 2.99. The Morgan fingerprint density at radius 1 is 1.24 bits per heavy atom. The number of nitrogens with zero attached hydrogens (tertiary/aromatic N) is 2. The van der Waals surface area contributed by atoms with Crippen LogP contribution in [0, 0.1) is 5.82 Å². The third-order valence-corrected chi connectivity index (χ3v) is 3.74. The first-order valence-corrected chi connectivity index (χ1v) is 7.70. The molecule has 2 rings (SSSR count). The summed E-state index contributed by atoms with van der Waals surface area (Å²) < 4.78 is 14.3. The first-order chi connectivity index (χ1) is 9.82. The molecule has 1 aromatic carbocycles. The van der Waals surface area contributed by atoms with Gasteiger partial charge in [0.2, 0.25) is 0 Å². The van der Waals surface area contributed by atoms with Crippen LogP contribution in [0.25, 0.3) is 11.4 Å². The summed E-state index contributed by atoms with van der Waals surface area (Å²) in [6.07, 6.45) is 0. The first-order valence-electron chi connectivity index (χ1n) is 6.90. The van der Waals surface area contributed by atoms with E-state index in [2.05, 4.69) is 52.0 Å². The lowest BCUT2D eigenvalue weighted by molar-refractivity contribution is 0.564. The second-order valence-corrected chi connectivity index (χ2v) is 6.64. The van der Waals surface area contributed by atoms with Gasteiger partial charge in [0.1, 0.15) is 11.6 Å². The fourth-order valence-corrected chi connectivity index (χ4v) is 2.90. The molecular weight excluding hydrogens is 333 g/mol. The summed E-state index contributed by atoms with van der Waals surface area (Å²) in [6, 6.07) is 6.35. The van der Waals surface area contributed by atoms with Crippen molar-refractivity contribution in [2.45, 2.75) is 33.1 Å². The van der Waals surface area contributed by atoms with E-state index in [1.807, 2.05) is 13.0 Å². The van der Waals surface area contributed by atoms with E-state index >= 15 is 0 Å².